The second-order valence-electron chi connectivity index (χ2n) is 7.38. The molecule has 1 aliphatic heterocycles. The summed E-state index contributed by atoms with van der Waals surface area (Å²) < 4.78 is 0. The SMILES string of the molecule is CN(C)c1cc(CNC(=O)N2CCCC2C2CCCCC2)ccn1. The van der Waals surface area contributed by atoms with Crippen LogP contribution in [0.1, 0.15) is 50.5 Å². The highest BCUT2D eigenvalue weighted by Crippen LogP contribution is 2.34. The summed E-state index contributed by atoms with van der Waals surface area (Å²) in [6.45, 7) is 1.47. The van der Waals surface area contributed by atoms with Crippen LogP contribution in [0.25, 0.3) is 0 Å². The van der Waals surface area contributed by atoms with Gasteiger partial charge in [0.1, 0.15) is 5.82 Å². The highest BCUT2D eigenvalue weighted by Gasteiger charge is 2.34. The minimum absolute atomic E-state index is 0.103. The summed E-state index contributed by atoms with van der Waals surface area (Å²) >= 11 is 0. The van der Waals surface area contributed by atoms with Gasteiger partial charge >= 0.3 is 6.03 Å². The summed E-state index contributed by atoms with van der Waals surface area (Å²) in [5.41, 5.74) is 1.09. The topological polar surface area (TPSA) is 48.5 Å². The van der Waals surface area contributed by atoms with Crippen LogP contribution in [0.15, 0.2) is 18.3 Å². The molecule has 1 aromatic rings. The summed E-state index contributed by atoms with van der Waals surface area (Å²) in [5, 5.41) is 3.12. The van der Waals surface area contributed by atoms with E-state index in [0.717, 1.165) is 24.3 Å². The van der Waals surface area contributed by atoms with Crippen LogP contribution in [0, 0.1) is 5.92 Å². The van der Waals surface area contributed by atoms with Crippen LogP contribution >= 0.6 is 0 Å². The van der Waals surface area contributed by atoms with Crippen molar-refractivity contribution in [2.24, 2.45) is 5.92 Å². The van der Waals surface area contributed by atoms with E-state index in [2.05, 4.69) is 15.2 Å². The minimum atomic E-state index is 0.103. The lowest BCUT2D eigenvalue weighted by atomic mass is 9.83. The summed E-state index contributed by atoms with van der Waals surface area (Å²) in [4.78, 5) is 21.1. The molecule has 1 N–H and O–H groups in total. The van der Waals surface area contributed by atoms with Crippen LogP contribution in [0.4, 0.5) is 10.6 Å². The first-order valence-corrected chi connectivity index (χ1v) is 9.32. The number of urea groups is 1. The summed E-state index contributed by atoms with van der Waals surface area (Å²) in [6, 6.07) is 4.56. The third-order valence-corrected chi connectivity index (χ3v) is 5.47. The van der Waals surface area contributed by atoms with E-state index in [0.29, 0.717) is 18.5 Å². The molecule has 1 atom stereocenters. The molecule has 2 aliphatic rings. The highest BCUT2D eigenvalue weighted by molar-refractivity contribution is 5.75. The van der Waals surface area contributed by atoms with Gasteiger partial charge in [-0.05, 0) is 49.3 Å². The summed E-state index contributed by atoms with van der Waals surface area (Å²) in [5.74, 6) is 1.64. The molecule has 1 aromatic heterocycles. The average molecular weight is 330 g/mol. The number of amides is 2. The minimum Gasteiger partial charge on any atom is -0.363 e. The van der Waals surface area contributed by atoms with Gasteiger partial charge in [0.25, 0.3) is 0 Å². The van der Waals surface area contributed by atoms with Crippen molar-refractivity contribution in [1.82, 2.24) is 15.2 Å². The number of pyridine rings is 1. The Labute approximate surface area is 145 Å². The van der Waals surface area contributed by atoms with E-state index in [1.165, 1.54) is 38.5 Å². The molecular formula is C19H30N4O. The molecule has 0 radical (unpaired) electrons. The van der Waals surface area contributed by atoms with Gasteiger partial charge in [0.2, 0.25) is 0 Å². The number of likely N-dealkylation sites (tertiary alicyclic amines) is 1. The molecule has 1 aliphatic carbocycles. The number of aromatic nitrogens is 1. The van der Waals surface area contributed by atoms with Gasteiger partial charge in [-0.2, -0.15) is 0 Å². The van der Waals surface area contributed by atoms with Gasteiger partial charge in [0, 0.05) is 39.4 Å². The molecule has 132 valence electrons. The second-order valence-corrected chi connectivity index (χ2v) is 7.38. The smallest absolute Gasteiger partial charge is 0.317 e. The monoisotopic (exact) mass is 330 g/mol. The van der Waals surface area contributed by atoms with Crippen molar-refractivity contribution < 1.29 is 4.79 Å². The van der Waals surface area contributed by atoms with Crippen molar-refractivity contribution in [3.63, 3.8) is 0 Å². The van der Waals surface area contributed by atoms with Crippen LogP contribution < -0.4 is 10.2 Å². The van der Waals surface area contributed by atoms with Crippen molar-refractivity contribution in [3.05, 3.63) is 23.9 Å². The first-order chi connectivity index (χ1) is 11.6. The third kappa shape index (κ3) is 4.00. The van der Waals surface area contributed by atoms with Gasteiger partial charge in [-0.25, -0.2) is 9.78 Å². The lowest BCUT2D eigenvalue weighted by molar-refractivity contribution is 0.156. The zero-order valence-corrected chi connectivity index (χ0v) is 15.0. The summed E-state index contributed by atoms with van der Waals surface area (Å²) in [7, 11) is 3.95. The fourth-order valence-corrected chi connectivity index (χ4v) is 4.15. The molecule has 24 heavy (non-hydrogen) atoms. The molecule has 2 fully saturated rings. The van der Waals surface area contributed by atoms with E-state index in [1.54, 1.807) is 6.20 Å². The predicted molar refractivity (Wildman–Crippen MR) is 97.1 cm³/mol. The quantitative estimate of drug-likeness (QED) is 0.920. The predicted octanol–water partition coefficient (Wildman–Crippen LogP) is 3.40. The van der Waals surface area contributed by atoms with E-state index >= 15 is 0 Å². The van der Waals surface area contributed by atoms with Crippen molar-refractivity contribution in [3.8, 4) is 0 Å². The Morgan fingerprint density at radius 3 is 2.79 bits per heavy atom. The molecule has 0 aromatic carbocycles. The van der Waals surface area contributed by atoms with Crippen molar-refractivity contribution >= 4 is 11.8 Å². The van der Waals surface area contributed by atoms with Gasteiger partial charge in [-0.1, -0.05) is 19.3 Å². The maximum Gasteiger partial charge on any atom is 0.317 e. The maximum atomic E-state index is 12.7. The fourth-order valence-electron chi connectivity index (χ4n) is 4.15. The highest BCUT2D eigenvalue weighted by atomic mass is 16.2. The lowest BCUT2D eigenvalue weighted by Gasteiger charge is -2.34. The Balaban J connectivity index is 1.57. The van der Waals surface area contributed by atoms with Crippen LogP contribution in [-0.4, -0.2) is 42.6 Å². The van der Waals surface area contributed by atoms with Gasteiger partial charge < -0.3 is 15.1 Å². The van der Waals surface area contributed by atoms with Crippen LogP contribution in [0.5, 0.6) is 0 Å². The Morgan fingerprint density at radius 2 is 2.04 bits per heavy atom. The van der Waals surface area contributed by atoms with E-state index in [1.807, 2.05) is 31.1 Å². The second kappa shape index (κ2) is 7.86. The normalized spacial score (nSPS) is 21.8. The molecule has 5 nitrogen and oxygen atoms in total. The average Bonchev–Trinajstić information content (AvgIpc) is 3.10. The maximum absolute atomic E-state index is 12.7. The van der Waals surface area contributed by atoms with E-state index in [4.69, 9.17) is 0 Å². The van der Waals surface area contributed by atoms with E-state index < -0.39 is 0 Å². The van der Waals surface area contributed by atoms with Crippen LogP contribution in [-0.2, 0) is 6.54 Å². The van der Waals surface area contributed by atoms with E-state index in [-0.39, 0.29) is 6.03 Å². The lowest BCUT2D eigenvalue weighted by Crippen LogP contribution is -2.45. The Kier molecular flexibility index (Phi) is 5.59. The van der Waals surface area contributed by atoms with Gasteiger partial charge in [-0.3, -0.25) is 0 Å². The van der Waals surface area contributed by atoms with Crippen LogP contribution in [0.2, 0.25) is 0 Å². The number of hydrogen-bond acceptors (Lipinski definition) is 3. The molecule has 5 heteroatoms. The molecule has 1 unspecified atom stereocenters. The fraction of sp³-hybridized carbons (Fsp3) is 0.684. The number of hydrogen-bond donors (Lipinski definition) is 1. The molecule has 1 saturated heterocycles. The van der Waals surface area contributed by atoms with E-state index in [9.17, 15) is 4.79 Å². The molecule has 2 heterocycles. The molecule has 2 amide bonds. The molecular weight excluding hydrogens is 300 g/mol. The van der Waals surface area contributed by atoms with Gasteiger partial charge in [0.05, 0.1) is 0 Å². The number of anilines is 1. The summed E-state index contributed by atoms with van der Waals surface area (Å²) in [6.07, 6.45) is 10.8. The number of rotatable bonds is 4. The number of carbonyl (C=O) groups is 1. The standard InChI is InChI=1S/C19H30N4O/c1-22(2)18-13-15(10-11-20-18)14-21-19(24)23-12-6-9-17(23)16-7-4-3-5-8-16/h10-11,13,16-17H,3-9,12,14H2,1-2H3,(H,21,24). The number of carbonyl (C=O) groups excluding carboxylic acids is 1. The van der Waals surface area contributed by atoms with Crippen molar-refractivity contribution in [1.29, 1.82) is 0 Å². The Bertz CT molecular complexity index is 554. The zero-order chi connectivity index (χ0) is 16.9. The largest absolute Gasteiger partial charge is 0.363 e. The Morgan fingerprint density at radius 1 is 1.25 bits per heavy atom. The third-order valence-electron chi connectivity index (χ3n) is 5.47. The molecule has 0 bridgehead atoms. The van der Waals surface area contributed by atoms with Crippen LogP contribution in [0.3, 0.4) is 0 Å². The molecule has 0 spiro atoms. The number of nitrogens with zero attached hydrogens (tertiary/aromatic N) is 3. The Hall–Kier alpha value is -1.78. The number of nitrogens with one attached hydrogen (secondary N) is 1. The van der Waals surface area contributed by atoms with Gasteiger partial charge in [0.15, 0.2) is 0 Å². The first kappa shape index (κ1) is 17.1. The zero-order valence-electron chi connectivity index (χ0n) is 15.0. The molecule has 1 saturated carbocycles. The van der Waals surface area contributed by atoms with Crippen molar-refractivity contribution in [2.45, 2.75) is 57.5 Å². The first-order valence-electron chi connectivity index (χ1n) is 9.32. The van der Waals surface area contributed by atoms with Gasteiger partial charge in [-0.15, -0.1) is 0 Å². The van der Waals surface area contributed by atoms with Crippen molar-refractivity contribution in [2.75, 3.05) is 25.5 Å². The molecule has 3 rings (SSSR count).